The van der Waals surface area contributed by atoms with Gasteiger partial charge < -0.3 is 15.4 Å². The molecule has 1 amide bonds. The molecule has 2 aliphatic rings. The zero-order valence-corrected chi connectivity index (χ0v) is 11.5. The van der Waals surface area contributed by atoms with Gasteiger partial charge in [-0.05, 0) is 24.3 Å². The highest BCUT2D eigenvalue weighted by Gasteiger charge is 2.51. The van der Waals surface area contributed by atoms with Gasteiger partial charge in [0.25, 0.3) is 0 Å². The fourth-order valence-electron chi connectivity index (χ4n) is 2.87. The molecule has 104 valence electrons. The van der Waals surface area contributed by atoms with Crippen LogP contribution in [0.25, 0.3) is 0 Å². The lowest BCUT2D eigenvalue weighted by Crippen LogP contribution is -2.60. The van der Waals surface area contributed by atoms with Gasteiger partial charge in [0.2, 0.25) is 0 Å². The van der Waals surface area contributed by atoms with Crippen molar-refractivity contribution in [3.8, 4) is 0 Å². The predicted octanol–water partition coefficient (Wildman–Crippen LogP) is 2.09. The van der Waals surface area contributed by atoms with Gasteiger partial charge in [0, 0.05) is 13.1 Å². The summed E-state index contributed by atoms with van der Waals surface area (Å²) in [6.07, 6.45) is 1.96. The van der Waals surface area contributed by atoms with Gasteiger partial charge in [-0.15, -0.1) is 12.4 Å². The number of ether oxygens (including phenoxy) is 1. The second kappa shape index (κ2) is 5.80. The van der Waals surface area contributed by atoms with Gasteiger partial charge in [-0.2, -0.15) is 0 Å². The van der Waals surface area contributed by atoms with E-state index >= 15 is 0 Å². The lowest BCUT2D eigenvalue weighted by molar-refractivity contribution is 0.0916. The summed E-state index contributed by atoms with van der Waals surface area (Å²) in [5.74, 6) is 0.585. The lowest BCUT2D eigenvalue weighted by Gasteiger charge is -2.44. The van der Waals surface area contributed by atoms with Gasteiger partial charge in [-0.3, -0.25) is 0 Å². The van der Waals surface area contributed by atoms with Crippen LogP contribution in [0.4, 0.5) is 4.79 Å². The molecule has 2 atom stereocenters. The van der Waals surface area contributed by atoms with Crippen LogP contribution in [-0.4, -0.2) is 24.7 Å². The molecule has 2 fully saturated rings. The highest BCUT2D eigenvalue weighted by atomic mass is 35.5. The molecule has 4 nitrogen and oxygen atoms in total. The number of carbonyl (C=O) groups excluding carboxylic acids is 1. The molecule has 1 saturated carbocycles. The topological polar surface area (TPSA) is 50.4 Å². The zero-order chi connectivity index (χ0) is 12.4. The highest BCUT2D eigenvalue weighted by Crippen LogP contribution is 2.41. The van der Waals surface area contributed by atoms with Crippen LogP contribution in [0.2, 0.25) is 0 Å². The Kier molecular flexibility index (Phi) is 4.32. The van der Waals surface area contributed by atoms with Gasteiger partial charge in [0.05, 0.1) is 5.54 Å². The van der Waals surface area contributed by atoms with E-state index in [-0.39, 0.29) is 24.0 Å². The third-order valence-electron chi connectivity index (χ3n) is 4.12. The van der Waals surface area contributed by atoms with Gasteiger partial charge in [0.1, 0.15) is 6.61 Å². The molecule has 1 aliphatic carbocycles. The van der Waals surface area contributed by atoms with Crippen LogP contribution in [0.3, 0.4) is 0 Å². The average molecular weight is 283 g/mol. The molecule has 0 aromatic heterocycles. The first kappa shape index (κ1) is 14.2. The predicted molar refractivity (Wildman–Crippen MR) is 75.3 cm³/mol. The maximum Gasteiger partial charge on any atom is 0.407 e. The summed E-state index contributed by atoms with van der Waals surface area (Å²) in [5, 5.41) is 6.37. The Labute approximate surface area is 119 Å². The summed E-state index contributed by atoms with van der Waals surface area (Å²) in [6, 6.07) is 9.74. The Bertz CT molecular complexity index is 440. The van der Waals surface area contributed by atoms with Crippen molar-refractivity contribution in [3.05, 3.63) is 35.9 Å². The normalized spacial score (nSPS) is 27.7. The van der Waals surface area contributed by atoms with Crippen molar-refractivity contribution in [1.29, 1.82) is 0 Å². The Morgan fingerprint density at radius 3 is 2.84 bits per heavy atom. The van der Waals surface area contributed by atoms with E-state index in [0.717, 1.165) is 25.1 Å². The van der Waals surface area contributed by atoms with Crippen molar-refractivity contribution in [3.63, 3.8) is 0 Å². The molecular formula is C14H19ClN2O2. The van der Waals surface area contributed by atoms with Crippen molar-refractivity contribution in [2.24, 2.45) is 5.92 Å². The number of hydrogen-bond acceptors (Lipinski definition) is 3. The molecule has 1 aromatic rings. The number of alkyl carbamates (subject to hydrolysis) is 1. The highest BCUT2D eigenvalue weighted by molar-refractivity contribution is 5.85. The van der Waals surface area contributed by atoms with Crippen molar-refractivity contribution in [1.82, 2.24) is 10.6 Å². The van der Waals surface area contributed by atoms with Gasteiger partial charge in [0.15, 0.2) is 0 Å². The van der Waals surface area contributed by atoms with E-state index in [4.69, 9.17) is 4.74 Å². The smallest absolute Gasteiger partial charge is 0.407 e. The number of hydrogen-bond donors (Lipinski definition) is 2. The second-order valence-electron chi connectivity index (χ2n) is 5.21. The van der Waals surface area contributed by atoms with E-state index in [1.807, 2.05) is 30.3 Å². The van der Waals surface area contributed by atoms with E-state index in [1.165, 1.54) is 6.42 Å². The fraction of sp³-hybridized carbons (Fsp3) is 0.500. The van der Waals surface area contributed by atoms with Crippen LogP contribution in [0.15, 0.2) is 30.3 Å². The maximum absolute atomic E-state index is 11.8. The van der Waals surface area contributed by atoms with Crippen LogP contribution in [0, 0.1) is 5.92 Å². The molecule has 1 aromatic carbocycles. The SMILES string of the molecule is Cl.O=C(NC12CCC1CNC2)OCc1ccccc1. The molecule has 1 saturated heterocycles. The summed E-state index contributed by atoms with van der Waals surface area (Å²) in [7, 11) is 0. The van der Waals surface area contributed by atoms with Gasteiger partial charge in [-0.1, -0.05) is 30.3 Å². The van der Waals surface area contributed by atoms with Crippen molar-refractivity contribution >= 4 is 18.5 Å². The molecule has 3 rings (SSSR count). The molecule has 19 heavy (non-hydrogen) atoms. The van der Waals surface area contributed by atoms with Crippen LogP contribution in [0.5, 0.6) is 0 Å². The summed E-state index contributed by atoms with van der Waals surface area (Å²) in [6.45, 7) is 2.22. The second-order valence-corrected chi connectivity index (χ2v) is 5.21. The fourth-order valence-corrected chi connectivity index (χ4v) is 2.87. The van der Waals surface area contributed by atoms with E-state index in [1.54, 1.807) is 0 Å². The van der Waals surface area contributed by atoms with Crippen molar-refractivity contribution in [2.75, 3.05) is 13.1 Å². The van der Waals surface area contributed by atoms with Crippen LogP contribution in [0.1, 0.15) is 18.4 Å². The minimum atomic E-state index is -0.299. The molecule has 2 unspecified atom stereocenters. The van der Waals surface area contributed by atoms with Gasteiger partial charge in [-0.25, -0.2) is 4.79 Å². The molecule has 2 N–H and O–H groups in total. The quantitative estimate of drug-likeness (QED) is 0.892. The van der Waals surface area contributed by atoms with Crippen LogP contribution in [-0.2, 0) is 11.3 Å². The number of benzene rings is 1. The molecular weight excluding hydrogens is 264 g/mol. The first-order chi connectivity index (χ1) is 8.78. The largest absolute Gasteiger partial charge is 0.445 e. The Morgan fingerprint density at radius 2 is 2.21 bits per heavy atom. The van der Waals surface area contributed by atoms with E-state index < -0.39 is 0 Å². The van der Waals surface area contributed by atoms with E-state index in [0.29, 0.717) is 12.5 Å². The van der Waals surface area contributed by atoms with Crippen molar-refractivity contribution in [2.45, 2.75) is 25.0 Å². The van der Waals surface area contributed by atoms with Crippen molar-refractivity contribution < 1.29 is 9.53 Å². The van der Waals surface area contributed by atoms with Crippen LogP contribution >= 0.6 is 12.4 Å². The number of nitrogens with one attached hydrogen (secondary N) is 2. The third kappa shape index (κ3) is 2.85. The number of carbonyl (C=O) groups is 1. The standard InChI is InChI=1S/C14H18N2O2.ClH/c17-13(18-9-11-4-2-1-3-5-11)16-14-7-6-12(14)8-15-10-14;/h1-5,12,15H,6-10H2,(H,16,17);1H. The average Bonchev–Trinajstić information content (AvgIpc) is 2.65. The number of fused-ring (bicyclic) bond motifs is 1. The van der Waals surface area contributed by atoms with Crippen LogP contribution < -0.4 is 10.6 Å². The number of rotatable bonds is 3. The summed E-state index contributed by atoms with van der Waals surface area (Å²) in [4.78, 5) is 11.8. The molecule has 0 spiro atoms. The van der Waals surface area contributed by atoms with Gasteiger partial charge >= 0.3 is 6.09 Å². The zero-order valence-electron chi connectivity index (χ0n) is 10.7. The summed E-state index contributed by atoms with van der Waals surface area (Å²) < 4.78 is 5.26. The molecule has 1 heterocycles. The third-order valence-corrected chi connectivity index (χ3v) is 4.12. The Balaban J connectivity index is 0.00000133. The number of amides is 1. The Morgan fingerprint density at radius 1 is 1.42 bits per heavy atom. The first-order valence-corrected chi connectivity index (χ1v) is 6.48. The maximum atomic E-state index is 11.8. The first-order valence-electron chi connectivity index (χ1n) is 6.48. The summed E-state index contributed by atoms with van der Waals surface area (Å²) in [5.41, 5.74) is 0.980. The molecule has 0 radical (unpaired) electrons. The van der Waals surface area contributed by atoms with E-state index in [9.17, 15) is 4.79 Å². The molecule has 5 heteroatoms. The van der Waals surface area contributed by atoms with E-state index in [2.05, 4.69) is 10.6 Å². The minimum Gasteiger partial charge on any atom is -0.445 e. The molecule has 0 bridgehead atoms. The minimum absolute atomic E-state index is 0. The monoisotopic (exact) mass is 282 g/mol. The number of halogens is 1. The Hall–Kier alpha value is -1.26. The lowest BCUT2D eigenvalue weighted by atomic mass is 9.69. The summed E-state index contributed by atoms with van der Waals surface area (Å²) >= 11 is 0. The molecule has 1 aliphatic heterocycles.